The van der Waals surface area contributed by atoms with E-state index in [1.165, 1.54) is 7.11 Å². The number of aliphatic hydroxyl groups is 4. The molecule has 10 heteroatoms. The van der Waals surface area contributed by atoms with Gasteiger partial charge < -0.3 is 34.6 Å². The van der Waals surface area contributed by atoms with Crippen LogP contribution in [0.3, 0.4) is 0 Å². The fourth-order valence-electron chi connectivity index (χ4n) is 3.80. The van der Waals surface area contributed by atoms with Crippen LogP contribution in [-0.4, -0.2) is 80.8 Å². The van der Waals surface area contributed by atoms with E-state index in [2.05, 4.69) is 9.97 Å². The van der Waals surface area contributed by atoms with Crippen molar-refractivity contribution in [1.29, 1.82) is 0 Å². The topological polar surface area (TPSA) is 151 Å². The number of aromatic nitrogens is 2. The zero-order valence-corrected chi connectivity index (χ0v) is 17.5. The molecule has 2 heterocycles. The van der Waals surface area contributed by atoms with Gasteiger partial charge in [-0.05, 0) is 25.1 Å². The van der Waals surface area contributed by atoms with Gasteiger partial charge in [-0.2, -0.15) is 0 Å². The molecule has 4 N–H and O–H groups in total. The molecule has 10 nitrogen and oxygen atoms in total. The van der Waals surface area contributed by atoms with Gasteiger partial charge in [0.05, 0.1) is 41.9 Å². The van der Waals surface area contributed by atoms with Crippen molar-refractivity contribution in [2.24, 2.45) is 0 Å². The van der Waals surface area contributed by atoms with Crippen molar-refractivity contribution >= 4 is 28.0 Å². The second kappa shape index (κ2) is 9.02. The molecule has 3 aromatic rings. The van der Waals surface area contributed by atoms with Crippen molar-refractivity contribution in [1.82, 2.24) is 9.97 Å². The summed E-state index contributed by atoms with van der Waals surface area (Å²) >= 11 is 0. The molecule has 1 saturated heterocycles. The van der Waals surface area contributed by atoms with Crippen LogP contribution < -0.4 is 0 Å². The summed E-state index contributed by atoms with van der Waals surface area (Å²) in [6.07, 6.45) is -7.53. The highest BCUT2D eigenvalue weighted by Crippen LogP contribution is 2.31. The summed E-state index contributed by atoms with van der Waals surface area (Å²) in [5.74, 6) is -0.514. The standard InChI is InChI=1S/C22H24N2O8/c1-10(31-22-20(28)19(27)18(26)15(9-25)32-22)11-5-3-7-13-16(11)23-14-8-4-6-12(17(14)24-13)21(29)30-2/h3-8,10,15,18-20,22,25-28H,9H2,1-2H3/t10?,15-,18+,19+,20-,22-/m1/s1. The Balaban J connectivity index is 1.70. The van der Waals surface area contributed by atoms with Crippen molar-refractivity contribution < 1.29 is 39.4 Å². The number of carbonyl (C=O) groups is 1. The Morgan fingerprint density at radius 3 is 2.38 bits per heavy atom. The van der Waals surface area contributed by atoms with Gasteiger partial charge in [0.15, 0.2) is 6.29 Å². The highest BCUT2D eigenvalue weighted by Gasteiger charge is 2.44. The minimum atomic E-state index is -1.54. The monoisotopic (exact) mass is 444 g/mol. The molecule has 1 aliphatic rings. The molecule has 1 unspecified atom stereocenters. The molecule has 0 amide bonds. The van der Waals surface area contributed by atoms with Gasteiger partial charge >= 0.3 is 5.97 Å². The highest BCUT2D eigenvalue weighted by atomic mass is 16.7. The van der Waals surface area contributed by atoms with Crippen LogP contribution in [-0.2, 0) is 14.2 Å². The summed E-state index contributed by atoms with van der Waals surface area (Å²) in [4.78, 5) is 21.3. The van der Waals surface area contributed by atoms with E-state index in [4.69, 9.17) is 14.2 Å². The van der Waals surface area contributed by atoms with Crippen molar-refractivity contribution in [2.75, 3.05) is 13.7 Å². The summed E-state index contributed by atoms with van der Waals surface area (Å²) in [6, 6.07) is 10.3. The first kappa shape index (κ1) is 22.5. The first-order valence-corrected chi connectivity index (χ1v) is 10.1. The van der Waals surface area contributed by atoms with Crippen LogP contribution in [0.4, 0.5) is 0 Å². The van der Waals surface area contributed by atoms with Gasteiger partial charge in [0.1, 0.15) is 29.9 Å². The van der Waals surface area contributed by atoms with Crippen LogP contribution in [0.1, 0.15) is 28.9 Å². The van der Waals surface area contributed by atoms with E-state index in [1.807, 2.05) is 0 Å². The van der Waals surface area contributed by atoms with Crippen LogP contribution in [0, 0.1) is 0 Å². The summed E-state index contributed by atoms with van der Waals surface area (Å²) in [6.45, 7) is 1.17. The molecule has 1 fully saturated rings. The molecule has 0 bridgehead atoms. The van der Waals surface area contributed by atoms with Crippen molar-refractivity contribution in [3.63, 3.8) is 0 Å². The number of para-hydroxylation sites is 2. The van der Waals surface area contributed by atoms with E-state index in [0.29, 0.717) is 33.2 Å². The van der Waals surface area contributed by atoms with Crippen LogP contribution in [0.2, 0.25) is 0 Å². The van der Waals surface area contributed by atoms with Gasteiger partial charge in [-0.15, -0.1) is 0 Å². The van der Waals surface area contributed by atoms with Gasteiger partial charge in [0.25, 0.3) is 0 Å². The Morgan fingerprint density at radius 2 is 1.69 bits per heavy atom. The molecule has 0 spiro atoms. The number of nitrogens with zero attached hydrogens (tertiary/aromatic N) is 2. The highest BCUT2D eigenvalue weighted by molar-refractivity contribution is 6.03. The molecule has 4 rings (SSSR count). The number of carbonyl (C=O) groups excluding carboxylic acids is 1. The van der Waals surface area contributed by atoms with Crippen molar-refractivity contribution in [3.8, 4) is 0 Å². The van der Waals surface area contributed by atoms with Gasteiger partial charge in [-0.3, -0.25) is 0 Å². The normalized spacial score (nSPS) is 26.9. The lowest BCUT2D eigenvalue weighted by molar-refractivity contribution is -0.310. The molecule has 0 aliphatic carbocycles. The Bertz CT molecular complexity index is 1140. The molecule has 1 aromatic heterocycles. The predicted molar refractivity (Wildman–Crippen MR) is 112 cm³/mol. The van der Waals surface area contributed by atoms with Gasteiger partial charge in [0.2, 0.25) is 0 Å². The quantitative estimate of drug-likeness (QED) is 0.322. The number of rotatable bonds is 5. The third-order valence-electron chi connectivity index (χ3n) is 5.56. The average Bonchev–Trinajstić information content (AvgIpc) is 2.81. The lowest BCUT2D eigenvalue weighted by Crippen LogP contribution is -2.59. The lowest BCUT2D eigenvalue weighted by Gasteiger charge is -2.40. The maximum Gasteiger partial charge on any atom is 0.340 e. The fraction of sp³-hybridized carbons (Fsp3) is 0.409. The molecule has 1 aliphatic heterocycles. The van der Waals surface area contributed by atoms with E-state index in [0.717, 1.165) is 0 Å². The zero-order valence-electron chi connectivity index (χ0n) is 17.5. The second-order valence-corrected chi connectivity index (χ2v) is 7.58. The Morgan fingerprint density at radius 1 is 1.03 bits per heavy atom. The molecule has 0 saturated carbocycles. The molecular weight excluding hydrogens is 420 g/mol. The Labute approximate surface area is 183 Å². The minimum absolute atomic E-state index is 0.301. The van der Waals surface area contributed by atoms with Crippen LogP contribution in [0.5, 0.6) is 0 Å². The number of hydrogen-bond acceptors (Lipinski definition) is 10. The third kappa shape index (κ3) is 3.92. The summed E-state index contributed by atoms with van der Waals surface area (Å²) < 4.78 is 16.1. The van der Waals surface area contributed by atoms with Crippen LogP contribution in [0.25, 0.3) is 22.1 Å². The number of hydrogen-bond donors (Lipinski definition) is 4. The molecule has 32 heavy (non-hydrogen) atoms. The van der Waals surface area contributed by atoms with E-state index in [9.17, 15) is 25.2 Å². The number of benzene rings is 2. The van der Waals surface area contributed by atoms with E-state index in [1.54, 1.807) is 43.3 Å². The summed E-state index contributed by atoms with van der Waals surface area (Å²) in [7, 11) is 1.30. The SMILES string of the molecule is COC(=O)c1cccc2nc3c(C(C)O[C@@H]4O[C@H](CO)[C@H](O)[C@H](O)[C@H]4O)cccc3nc12. The molecule has 2 aromatic carbocycles. The summed E-state index contributed by atoms with van der Waals surface area (Å²) in [5, 5.41) is 39.6. The smallest absolute Gasteiger partial charge is 0.340 e. The Hall–Kier alpha value is -2.73. The number of ether oxygens (including phenoxy) is 3. The molecule has 170 valence electrons. The Kier molecular flexibility index (Phi) is 6.33. The number of methoxy groups -OCH3 is 1. The van der Waals surface area contributed by atoms with Crippen molar-refractivity contribution in [2.45, 2.75) is 43.7 Å². The van der Waals surface area contributed by atoms with E-state index in [-0.39, 0.29) is 0 Å². The first-order valence-electron chi connectivity index (χ1n) is 10.1. The van der Waals surface area contributed by atoms with Crippen LogP contribution >= 0.6 is 0 Å². The largest absolute Gasteiger partial charge is 0.465 e. The lowest BCUT2D eigenvalue weighted by atomic mass is 9.99. The molecule has 0 radical (unpaired) electrons. The van der Waals surface area contributed by atoms with Crippen molar-refractivity contribution in [3.05, 3.63) is 47.5 Å². The maximum atomic E-state index is 12.1. The van der Waals surface area contributed by atoms with Crippen LogP contribution in [0.15, 0.2) is 36.4 Å². The van der Waals surface area contributed by atoms with Gasteiger partial charge in [-0.25, -0.2) is 14.8 Å². The predicted octanol–water partition coefficient (Wildman–Crippen LogP) is 0.447. The molecule has 6 atom stereocenters. The van der Waals surface area contributed by atoms with E-state index >= 15 is 0 Å². The summed E-state index contributed by atoms with van der Waals surface area (Å²) in [5.41, 5.74) is 2.89. The van der Waals surface area contributed by atoms with Gasteiger partial charge in [0, 0.05) is 5.56 Å². The molecular formula is C22H24N2O8. The average molecular weight is 444 g/mol. The zero-order chi connectivity index (χ0) is 23.0. The number of esters is 1. The second-order valence-electron chi connectivity index (χ2n) is 7.58. The fourth-order valence-corrected chi connectivity index (χ4v) is 3.80. The maximum absolute atomic E-state index is 12.1. The number of aliphatic hydroxyl groups excluding tert-OH is 4. The first-order chi connectivity index (χ1) is 15.3. The van der Waals surface area contributed by atoms with E-state index < -0.39 is 49.4 Å². The third-order valence-corrected chi connectivity index (χ3v) is 5.56. The number of fused-ring (bicyclic) bond motifs is 2. The van der Waals surface area contributed by atoms with Gasteiger partial charge in [-0.1, -0.05) is 18.2 Å². The minimum Gasteiger partial charge on any atom is -0.465 e.